The maximum absolute atomic E-state index is 5.46. The molecule has 17 heavy (non-hydrogen) atoms. The topological polar surface area (TPSA) is 30.5 Å². The Morgan fingerprint density at radius 1 is 1.35 bits per heavy atom. The van der Waals surface area contributed by atoms with Crippen molar-refractivity contribution in [3.8, 4) is 5.75 Å². The highest BCUT2D eigenvalue weighted by Gasteiger charge is 2.16. The molecule has 1 aromatic rings. The van der Waals surface area contributed by atoms with Crippen molar-refractivity contribution >= 4 is 11.8 Å². The summed E-state index contributed by atoms with van der Waals surface area (Å²) in [5.41, 5.74) is 2.43. The van der Waals surface area contributed by atoms with Gasteiger partial charge in [0.2, 0.25) is 0 Å². The molecule has 1 aromatic carbocycles. The van der Waals surface area contributed by atoms with Crippen LogP contribution in [-0.2, 0) is 4.74 Å². The minimum atomic E-state index is 0.357. The maximum atomic E-state index is 5.46. The van der Waals surface area contributed by atoms with Gasteiger partial charge in [-0.15, -0.1) is 11.8 Å². The average Bonchev–Trinajstić information content (AvgIpc) is 2.34. The second-order valence-corrected chi connectivity index (χ2v) is 5.47. The normalized spacial score (nSPS) is 20.3. The fraction of sp³-hybridized carbons (Fsp3) is 0.538. The van der Waals surface area contributed by atoms with E-state index in [2.05, 4.69) is 31.3 Å². The van der Waals surface area contributed by atoms with Crippen molar-refractivity contribution in [2.75, 3.05) is 26.9 Å². The van der Waals surface area contributed by atoms with Crippen molar-refractivity contribution in [2.24, 2.45) is 0 Å². The summed E-state index contributed by atoms with van der Waals surface area (Å²) in [4.78, 5) is 1.30. The minimum absolute atomic E-state index is 0.357. The van der Waals surface area contributed by atoms with Gasteiger partial charge in [0.25, 0.3) is 0 Å². The first kappa shape index (κ1) is 12.7. The Bertz CT molecular complexity index is 389. The van der Waals surface area contributed by atoms with Gasteiger partial charge in [-0.05, 0) is 37.1 Å². The minimum Gasteiger partial charge on any atom is -0.496 e. The maximum Gasteiger partial charge on any atom is 0.122 e. The first-order valence-corrected chi connectivity index (χ1v) is 6.71. The molecule has 2 rings (SSSR count). The molecule has 1 saturated heterocycles. The zero-order valence-electron chi connectivity index (χ0n) is 10.6. The second-order valence-electron chi connectivity index (χ2n) is 4.22. The third-order valence-corrected chi connectivity index (χ3v) is 4.13. The van der Waals surface area contributed by atoms with E-state index in [0.29, 0.717) is 5.37 Å². The molecule has 0 saturated carbocycles. The van der Waals surface area contributed by atoms with Crippen LogP contribution in [0.3, 0.4) is 0 Å². The lowest BCUT2D eigenvalue weighted by Gasteiger charge is -2.24. The molecule has 0 aliphatic carbocycles. The quantitative estimate of drug-likeness (QED) is 0.896. The van der Waals surface area contributed by atoms with Gasteiger partial charge in [0.05, 0.1) is 25.7 Å². The third-order valence-electron chi connectivity index (χ3n) is 2.85. The monoisotopic (exact) mass is 253 g/mol. The summed E-state index contributed by atoms with van der Waals surface area (Å²) in [5.74, 6) is 0.958. The lowest BCUT2D eigenvalue weighted by atomic mass is 10.1. The lowest BCUT2D eigenvalue weighted by molar-refractivity contribution is 0.100. The van der Waals surface area contributed by atoms with Crippen molar-refractivity contribution in [1.82, 2.24) is 5.32 Å². The molecule has 1 heterocycles. The smallest absolute Gasteiger partial charge is 0.122 e. The van der Waals surface area contributed by atoms with Crippen molar-refractivity contribution in [3.05, 3.63) is 23.3 Å². The van der Waals surface area contributed by atoms with Crippen LogP contribution in [0.15, 0.2) is 17.0 Å². The van der Waals surface area contributed by atoms with Gasteiger partial charge in [-0.3, -0.25) is 0 Å². The van der Waals surface area contributed by atoms with Crippen LogP contribution in [0, 0.1) is 13.8 Å². The number of benzene rings is 1. The van der Waals surface area contributed by atoms with Crippen molar-refractivity contribution in [2.45, 2.75) is 24.1 Å². The number of morpholine rings is 1. The van der Waals surface area contributed by atoms with E-state index in [0.717, 1.165) is 25.5 Å². The molecule has 1 fully saturated rings. The van der Waals surface area contributed by atoms with E-state index in [1.54, 1.807) is 7.11 Å². The van der Waals surface area contributed by atoms with E-state index >= 15 is 0 Å². The number of rotatable bonds is 3. The van der Waals surface area contributed by atoms with E-state index in [1.165, 1.54) is 16.0 Å². The van der Waals surface area contributed by atoms with Gasteiger partial charge in [0.15, 0.2) is 0 Å². The number of hydrogen-bond donors (Lipinski definition) is 1. The Labute approximate surface area is 107 Å². The molecule has 0 radical (unpaired) electrons. The van der Waals surface area contributed by atoms with E-state index in [9.17, 15) is 0 Å². The van der Waals surface area contributed by atoms with Crippen LogP contribution in [0.2, 0.25) is 0 Å². The van der Waals surface area contributed by atoms with E-state index in [1.807, 2.05) is 11.8 Å². The van der Waals surface area contributed by atoms with E-state index in [-0.39, 0.29) is 0 Å². The van der Waals surface area contributed by atoms with Crippen LogP contribution in [0.25, 0.3) is 0 Å². The van der Waals surface area contributed by atoms with Gasteiger partial charge in [-0.1, -0.05) is 0 Å². The van der Waals surface area contributed by atoms with Crippen molar-refractivity contribution in [3.63, 3.8) is 0 Å². The van der Waals surface area contributed by atoms with Crippen LogP contribution in [-0.4, -0.2) is 32.2 Å². The second kappa shape index (κ2) is 5.76. The molecule has 0 aromatic heterocycles. The molecule has 0 bridgehead atoms. The molecule has 0 spiro atoms. The van der Waals surface area contributed by atoms with Crippen molar-refractivity contribution < 1.29 is 9.47 Å². The number of aryl methyl sites for hydroxylation is 2. The van der Waals surface area contributed by atoms with Gasteiger partial charge in [0, 0.05) is 11.4 Å². The average molecular weight is 253 g/mol. The number of thioether (sulfide) groups is 1. The fourth-order valence-electron chi connectivity index (χ4n) is 1.88. The van der Waals surface area contributed by atoms with Gasteiger partial charge in [0.1, 0.15) is 5.75 Å². The summed E-state index contributed by atoms with van der Waals surface area (Å²) >= 11 is 1.83. The first-order valence-electron chi connectivity index (χ1n) is 5.83. The molecule has 3 nitrogen and oxygen atoms in total. The van der Waals surface area contributed by atoms with Crippen LogP contribution >= 0.6 is 11.8 Å². The summed E-state index contributed by atoms with van der Waals surface area (Å²) in [5, 5.41) is 3.81. The standard InChI is InChI=1S/C13H19NO2S/c1-9-7-12(10(2)6-11(9)15-3)17-13-8-16-5-4-14-13/h6-7,13-14H,4-5,8H2,1-3H3. The Morgan fingerprint density at radius 3 is 2.82 bits per heavy atom. The number of hydrogen-bond acceptors (Lipinski definition) is 4. The molecule has 1 unspecified atom stereocenters. The highest BCUT2D eigenvalue weighted by Crippen LogP contribution is 2.31. The fourth-order valence-corrected chi connectivity index (χ4v) is 3.04. The highest BCUT2D eigenvalue weighted by atomic mass is 32.2. The summed E-state index contributed by atoms with van der Waals surface area (Å²) < 4.78 is 10.8. The highest BCUT2D eigenvalue weighted by molar-refractivity contribution is 8.00. The van der Waals surface area contributed by atoms with Crippen LogP contribution in [0.5, 0.6) is 5.75 Å². The number of nitrogens with one attached hydrogen (secondary N) is 1. The molecular weight excluding hydrogens is 234 g/mol. The molecule has 1 N–H and O–H groups in total. The van der Waals surface area contributed by atoms with Gasteiger partial charge in [-0.2, -0.15) is 0 Å². The van der Waals surface area contributed by atoms with Gasteiger partial charge in [-0.25, -0.2) is 0 Å². The molecule has 0 amide bonds. The predicted octanol–water partition coefficient (Wildman–Crippen LogP) is 2.35. The Kier molecular flexibility index (Phi) is 4.31. The molecule has 1 atom stereocenters. The third kappa shape index (κ3) is 3.15. The Hall–Kier alpha value is -0.710. The summed E-state index contributed by atoms with van der Waals surface area (Å²) in [6.45, 7) is 6.72. The molecular formula is C13H19NO2S. The van der Waals surface area contributed by atoms with Gasteiger partial charge < -0.3 is 14.8 Å². The summed E-state index contributed by atoms with van der Waals surface area (Å²) in [6, 6.07) is 4.29. The zero-order chi connectivity index (χ0) is 12.3. The molecule has 1 aliphatic rings. The Balaban J connectivity index is 2.12. The van der Waals surface area contributed by atoms with Crippen molar-refractivity contribution in [1.29, 1.82) is 0 Å². The zero-order valence-corrected chi connectivity index (χ0v) is 11.4. The Morgan fingerprint density at radius 2 is 2.18 bits per heavy atom. The van der Waals surface area contributed by atoms with Crippen LogP contribution < -0.4 is 10.1 Å². The SMILES string of the molecule is COc1cc(C)c(SC2COCCN2)cc1C. The van der Waals surface area contributed by atoms with Crippen LogP contribution in [0.4, 0.5) is 0 Å². The van der Waals surface area contributed by atoms with Crippen LogP contribution in [0.1, 0.15) is 11.1 Å². The molecule has 4 heteroatoms. The summed E-state index contributed by atoms with van der Waals surface area (Å²) in [6.07, 6.45) is 0. The van der Waals surface area contributed by atoms with Gasteiger partial charge >= 0.3 is 0 Å². The van der Waals surface area contributed by atoms with E-state index in [4.69, 9.17) is 9.47 Å². The summed E-state index contributed by atoms with van der Waals surface area (Å²) in [7, 11) is 1.71. The molecule has 1 aliphatic heterocycles. The number of ether oxygens (including phenoxy) is 2. The molecule has 94 valence electrons. The number of methoxy groups -OCH3 is 1. The van der Waals surface area contributed by atoms with E-state index < -0.39 is 0 Å². The lowest BCUT2D eigenvalue weighted by Crippen LogP contribution is -2.38. The largest absolute Gasteiger partial charge is 0.496 e. The predicted molar refractivity (Wildman–Crippen MR) is 70.9 cm³/mol. The first-order chi connectivity index (χ1) is 8.20.